The lowest BCUT2D eigenvalue weighted by atomic mass is 10.2. The molecule has 1 aromatic heterocycles. The lowest BCUT2D eigenvalue weighted by molar-refractivity contribution is -0.120. The minimum Gasteiger partial charge on any atom is -0.353 e. The topological polar surface area (TPSA) is 66.9 Å². The van der Waals surface area contributed by atoms with Gasteiger partial charge in [-0.2, -0.15) is 0 Å². The van der Waals surface area contributed by atoms with E-state index in [0.29, 0.717) is 13.1 Å². The highest BCUT2D eigenvalue weighted by atomic mass is 16.1. The maximum Gasteiger partial charge on any atom is 0.234 e. The fourth-order valence-corrected chi connectivity index (χ4v) is 1.24. The van der Waals surface area contributed by atoms with Gasteiger partial charge in [0.2, 0.25) is 5.91 Å². The molecule has 1 amide bonds. The third-order valence-corrected chi connectivity index (χ3v) is 2.45. The van der Waals surface area contributed by atoms with Gasteiger partial charge in [0.15, 0.2) is 0 Å². The molecule has 0 bridgehead atoms. The molecule has 5 heteroatoms. The molecule has 0 aromatic carbocycles. The summed E-state index contributed by atoms with van der Waals surface area (Å²) in [5.74, 6) is 0.0134. The Morgan fingerprint density at radius 2 is 2.18 bits per heavy atom. The van der Waals surface area contributed by atoms with Crippen molar-refractivity contribution >= 4 is 5.91 Å². The third kappa shape index (κ3) is 5.40. The predicted molar refractivity (Wildman–Crippen MR) is 66.4 cm³/mol. The number of aromatic nitrogens is 2. The molecule has 94 valence electrons. The van der Waals surface area contributed by atoms with Gasteiger partial charge in [0.1, 0.15) is 0 Å². The van der Waals surface area contributed by atoms with Crippen molar-refractivity contribution in [3.8, 4) is 0 Å². The van der Waals surface area contributed by atoms with E-state index in [0.717, 1.165) is 17.8 Å². The van der Waals surface area contributed by atoms with E-state index in [-0.39, 0.29) is 11.9 Å². The van der Waals surface area contributed by atoms with Gasteiger partial charge < -0.3 is 10.6 Å². The fraction of sp³-hybridized carbons (Fsp3) is 0.583. The van der Waals surface area contributed by atoms with E-state index < -0.39 is 0 Å². The Morgan fingerprint density at radius 1 is 1.41 bits per heavy atom. The lowest BCUT2D eigenvalue weighted by Crippen LogP contribution is -2.38. The largest absolute Gasteiger partial charge is 0.353 e. The van der Waals surface area contributed by atoms with E-state index in [1.807, 2.05) is 20.8 Å². The van der Waals surface area contributed by atoms with Gasteiger partial charge in [0.25, 0.3) is 0 Å². The van der Waals surface area contributed by atoms with Gasteiger partial charge in [0.05, 0.1) is 17.9 Å². The van der Waals surface area contributed by atoms with Crippen LogP contribution in [0, 0.1) is 6.92 Å². The van der Waals surface area contributed by atoms with Gasteiger partial charge in [-0.15, -0.1) is 0 Å². The highest BCUT2D eigenvalue weighted by Gasteiger charge is 2.04. The number of rotatable bonds is 6. The summed E-state index contributed by atoms with van der Waals surface area (Å²) in [6, 6.07) is 0.225. The van der Waals surface area contributed by atoms with Crippen molar-refractivity contribution in [2.45, 2.75) is 39.8 Å². The van der Waals surface area contributed by atoms with Crippen LogP contribution in [0.4, 0.5) is 0 Å². The van der Waals surface area contributed by atoms with E-state index in [9.17, 15) is 4.79 Å². The van der Waals surface area contributed by atoms with Gasteiger partial charge in [0, 0.05) is 25.0 Å². The molecule has 0 spiro atoms. The molecule has 5 nitrogen and oxygen atoms in total. The summed E-state index contributed by atoms with van der Waals surface area (Å²) in [7, 11) is 0. The Balaban J connectivity index is 2.23. The van der Waals surface area contributed by atoms with Gasteiger partial charge in [-0.1, -0.05) is 6.92 Å². The molecule has 1 rings (SSSR count). The molecule has 0 saturated carbocycles. The van der Waals surface area contributed by atoms with Crippen molar-refractivity contribution in [3.05, 3.63) is 23.8 Å². The van der Waals surface area contributed by atoms with Crippen LogP contribution in [0.15, 0.2) is 12.4 Å². The van der Waals surface area contributed by atoms with Crippen molar-refractivity contribution < 1.29 is 4.79 Å². The van der Waals surface area contributed by atoms with Gasteiger partial charge >= 0.3 is 0 Å². The Kier molecular flexibility index (Phi) is 5.56. The highest BCUT2D eigenvalue weighted by molar-refractivity contribution is 5.78. The van der Waals surface area contributed by atoms with Crippen LogP contribution in [0.25, 0.3) is 0 Å². The molecule has 1 aromatic rings. The number of carbonyl (C=O) groups excluding carboxylic acids is 1. The summed E-state index contributed by atoms with van der Waals surface area (Å²) in [5, 5.41) is 5.92. The summed E-state index contributed by atoms with van der Waals surface area (Å²) in [5.41, 5.74) is 1.73. The summed E-state index contributed by atoms with van der Waals surface area (Å²) >= 11 is 0. The van der Waals surface area contributed by atoms with E-state index >= 15 is 0 Å². The van der Waals surface area contributed by atoms with E-state index in [2.05, 4.69) is 20.6 Å². The quantitative estimate of drug-likeness (QED) is 0.766. The normalized spacial score (nSPS) is 12.2. The Hall–Kier alpha value is -1.49. The molecule has 1 atom stereocenters. The average Bonchev–Trinajstić information content (AvgIpc) is 2.31. The zero-order valence-corrected chi connectivity index (χ0v) is 10.7. The van der Waals surface area contributed by atoms with Gasteiger partial charge in [-0.3, -0.25) is 14.8 Å². The van der Waals surface area contributed by atoms with Crippen LogP contribution in [0.5, 0.6) is 0 Å². The van der Waals surface area contributed by atoms with Crippen LogP contribution in [0.1, 0.15) is 31.7 Å². The van der Waals surface area contributed by atoms with E-state index in [4.69, 9.17) is 0 Å². The molecule has 0 aliphatic rings. The first-order valence-corrected chi connectivity index (χ1v) is 5.89. The number of aryl methyl sites for hydroxylation is 1. The van der Waals surface area contributed by atoms with Gasteiger partial charge in [-0.05, 0) is 20.3 Å². The second kappa shape index (κ2) is 6.96. The Morgan fingerprint density at radius 3 is 2.76 bits per heavy atom. The molecule has 1 unspecified atom stereocenters. The fourth-order valence-electron chi connectivity index (χ4n) is 1.24. The van der Waals surface area contributed by atoms with Crippen molar-refractivity contribution in [1.82, 2.24) is 20.6 Å². The minimum absolute atomic E-state index is 0.0134. The van der Waals surface area contributed by atoms with Crippen LogP contribution < -0.4 is 10.6 Å². The number of hydrogen-bond donors (Lipinski definition) is 2. The Bertz CT molecular complexity index is 350. The zero-order valence-electron chi connectivity index (χ0n) is 10.7. The maximum atomic E-state index is 11.4. The van der Waals surface area contributed by atoms with Crippen LogP contribution >= 0.6 is 0 Å². The summed E-state index contributed by atoms with van der Waals surface area (Å²) in [4.78, 5) is 19.8. The number of nitrogens with zero attached hydrogens (tertiary/aromatic N) is 2. The molecule has 17 heavy (non-hydrogen) atoms. The molecule has 1 heterocycles. The zero-order chi connectivity index (χ0) is 12.7. The van der Waals surface area contributed by atoms with Crippen LogP contribution in [0.2, 0.25) is 0 Å². The second-order valence-corrected chi connectivity index (χ2v) is 4.13. The molecular weight excluding hydrogens is 216 g/mol. The smallest absolute Gasteiger partial charge is 0.234 e. The molecule has 0 aliphatic heterocycles. The SMILES string of the molecule is CCC(C)NC(=O)CNCc1cnc(C)cn1. The molecule has 0 radical (unpaired) electrons. The third-order valence-electron chi connectivity index (χ3n) is 2.45. The molecule has 2 N–H and O–H groups in total. The predicted octanol–water partition coefficient (Wildman–Crippen LogP) is 0.789. The average molecular weight is 236 g/mol. The number of nitrogens with one attached hydrogen (secondary N) is 2. The van der Waals surface area contributed by atoms with Gasteiger partial charge in [-0.25, -0.2) is 0 Å². The number of amides is 1. The summed E-state index contributed by atoms with van der Waals surface area (Å²) in [6.45, 7) is 6.79. The van der Waals surface area contributed by atoms with Crippen LogP contribution in [-0.4, -0.2) is 28.5 Å². The first kappa shape index (κ1) is 13.6. The maximum absolute atomic E-state index is 11.4. The monoisotopic (exact) mass is 236 g/mol. The first-order valence-electron chi connectivity index (χ1n) is 5.89. The molecule has 0 fully saturated rings. The highest BCUT2D eigenvalue weighted by Crippen LogP contribution is 1.93. The van der Waals surface area contributed by atoms with E-state index in [1.165, 1.54) is 0 Å². The summed E-state index contributed by atoms with van der Waals surface area (Å²) in [6.07, 6.45) is 4.38. The van der Waals surface area contributed by atoms with Crippen LogP contribution in [0.3, 0.4) is 0 Å². The molecule has 0 saturated heterocycles. The lowest BCUT2D eigenvalue weighted by Gasteiger charge is -2.11. The van der Waals surface area contributed by atoms with E-state index in [1.54, 1.807) is 12.4 Å². The summed E-state index contributed by atoms with van der Waals surface area (Å²) < 4.78 is 0. The second-order valence-electron chi connectivity index (χ2n) is 4.13. The standard InChI is InChI=1S/C12H20N4O/c1-4-9(2)16-12(17)8-13-6-11-7-14-10(3)5-15-11/h5,7,9,13H,4,6,8H2,1-3H3,(H,16,17). The molecule has 0 aliphatic carbocycles. The first-order chi connectivity index (χ1) is 8.11. The number of hydrogen-bond acceptors (Lipinski definition) is 4. The van der Waals surface area contributed by atoms with Crippen LogP contribution in [-0.2, 0) is 11.3 Å². The molecular formula is C12H20N4O. The van der Waals surface area contributed by atoms with Crippen molar-refractivity contribution in [3.63, 3.8) is 0 Å². The Labute approximate surface area is 102 Å². The van der Waals surface area contributed by atoms with Crippen molar-refractivity contribution in [2.75, 3.05) is 6.54 Å². The number of carbonyl (C=O) groups is 1. The van der Waals surface area contributed by atoms with Crippen molar-refractivity contribution in [2.24, 2.45) is 0 Å². The minimum atomic E-state index is 0.0134. The van der Waals surface area contributed by atoms with Crippen molar-refractivity contribution in [1.29, 1.82) is 0 Å².